The molecule has 0 fully saturated rings. The van der Waals surface area contributed by atoms with Crippen LogP contribution in [0.3, 0.4) is 0 Å². The molecule has 16 nitrogen and oxygen atoms in total. The van der Waals surface area contributed by atoms with E-state index in [1.807, 2.05) is 0 Å². The van der Waals surface area contributed by atoms with Crippen LogP contribution in [0, 0.1) is 5.41 Å². The summed E-state index contributed by atoms with van der Waals surface area (Å²) < 4.78 is 2.81. The molecule has 17 heteroatoms. The van der Waals surface area contributed by atoms with Crippen molar-refractivity contribution in [2.75, 3.05) is 22.5 Å². The molecule has 0 atom stereocenters. The number of nitrogens with two attached hydrogens (primary N) is 1. The number of rotatable bonds is 10. The molecule has 0 aliphatic carbocycles. The Hall–Kier alpha value is -4.80. The fourth-order valence-corrected chi connectivity index (χ4v) is 3.16. The topological polar surface area (TPSA) is 231 Å². The Kier molecular flexibility index (Phi) is 8.18. The molecule has 0 spiro atoms. The van der Waals surface area contributed by atoms with E-state index in [9.17, 15) is 19.2 Å². The lowest BCUT2D eigenvalue weighted by molar-refractivity contribution is -0.112. The first-order valence-corrected chi connectivity index (χ1v) is 11.3. The molecule has 0 aromatic carbocycles. The van der Waals surface area contributed by atoms with E-state index in [-0.39, 0.29) is 57.8 Å². The number of hydrogen-bond acceptors (Lipinski definition) is 8. The average molecular weight is 575 g/mol. The number of aromatic nitrogens is 6. The van der Waals surface area contributed by atoms with Gasteiger partial charge in [0.1, 0.15) is 11.4 Å². The largest absolute Gasteiger partial charge is 0.388 e. The summed E-state index contributed by atoms with van der Waals surface area (Å²) in [7, 11) is 3.13. The molecule has 37 heavy (non-hydrogen) atoms. The van der Waals surface area contributed by atoms with Crippen LogP contribution in [-0.2, 0) is 18.9 Å². The molecule has 3 rings (SSSR count). The van der Waals surface area contributed by atoms with E-state index in [1.165, 1.54) is 22.5 Å². The van der Waals surface area contributed by atoms with Gasteiger partial charge in [-0.2, -0.15) is 10.1 Å². The number of hydrogen-bond donors (Lipinski definition) is 7. The van der Waals surface area contributed by atoms with Gasteiger partial charge in [0.25, 0.3) is 23.6 Å². The Labute approximate surface area is 217 Å². The summed E-state index contributed by atoms with van der Waals surface area (Å²) in [4.78, 5) is 53.9. The van der Waals surface area contributed by atoms with Gasteiger partial charge in [-0.1, -0.05) is 6.58 Å². The Balaban J connectivity index is 1.74. The van der Waals surface area contributed by atoms with E-state index >= 15 is 0 Å². The van der Waals surface area contributed by atoms with Gasteiger partial charge >= 0.3 is 0 Å². The Morgan fingerprint density at radius 1 is 1.11 bits per heavy atom. The highest BCUT2D eigenvalue weighted by Gasteiger charge is 2.24. The second-order valence-electron chi connectivity index (χ2n) is 7.53. The summed E-state index contributed by atoms with van der Waals surface area (Å²) in [5.74, 6) is -2.93. The third-order valence-electron chi connectivity index (χ3n) is 4.79. The molecule has 4 amide bonds. The SMILES string of the molecule is C=C(Br)C(=O)Nc1n[nH]c(C(=O)Nc2cnn(C)c2C(=O)Nc2ccn(C)c2C(=O)NCCC(=N)N)n1. The molecular weight excluding hydrogens is 552 g/mol. The van der Waals surface area contributed by atoms with E-state index in [4.69, 9.17) is 11.1 Å². The van der Waals surface area contributed by atoms with Crippen molar-refractivity contribution in [3.05, 3.63) is 46.7 Å². The Morgan fingerprint density at radius 2 is 1.81 bits per heavy atom. The number of carbonyl (C=O) groups excluding carboxylic acids is 4. The smallest absolute Gasteiger partial charge is 0.293 e. The zero-order valence-corrected chi connectivity index (χ0v) is 21.3. The van der Waals surface area contributed by atoms with Crippen LogP contribution in [0.4, 0.5) is 17.3 Å². The first-order chi connectivity index (χ1) is 17.5. The van der Waals surface area contributed by atoms with E-state index < -0.39 is 23.6 Å². The minimum atomic E-state index is -0.752. The maximum absolute atomic E-state index is 13.1. The van der Waals surface area contributed by atoms with Gasteiger partial charge in [0.05, 0.1) is 27.9 Å². The maximum atomic E-state index is 13.1. The lowest BCUT2D eigenvalue weighted by atomic mass is 10.2. The molecule has 3 aromatic rings. The van der Waals surface area contributed by atoms with Crippen molar-refractivity contribution >= 4 is 62.7 Å². The maximum Gasteiger partial charge on any atom is 0.293 e. The van der Waals surface area contributed by atoms with Crippen LogP contribution in [0.15, 0.2) is 29.5 Å². The zero-order valence-electron chi connectivity index (χ0n) is 19.7. The van der Waals surface area contributed by atoms with Gasteiger partial charge in [-0.3, -0.25) is 39.7 Å². The van der Waals surface area contributed by atoms with E-state index in [1.54, 1.807) is 19.3 Å². The van der Waals surface area contributed by atoms with Gasteiger partial charge < -0.3 is 26.3 Å². The van der Waals surface area contributed by atoms with Crippen molar-refractivity contribution in [3.8, 4) is 0 Å². The van der Waals surface area contributed by atoms with Crippen LogP contribution in [0.5, 0.6) is 0 Å². The number of amides is 4. The Morgan fingerprint density at radius 3 is 2.49 bits per heavy atom. The monoisotopic (exact) mass is 574 g/mol. The number of H-pyrrole nitrogens is 1. The van der Waals surface area contributed by atoms with E-state index in [0.29, 0.717) is 0 Å². The molecule has 0 radical (unpaired) electrons. The first kappa shape index (κ1) is 26.8. The summed E-state index contributed by atoms with van der Waals surface area (Å²) >= 11 is 2.92. The zero-order chi connectivity index (χ0) is 27.3. The number of carbonyl (C=O) groups is 4. The fraction of sp³-hybridized carbons (Fsp3) is 0.200. The molecule has 8 N–H and O–H groups in total. The predicted molar refractivity (Wildman–Crippen MR) is 136 cm³/mol. The van der Waals surface area contributed by atoms with Crippen LogP contribution in [-0.4, -0.2) is 65.5 Å². The van der Waals surface area contributed by atoms with Crippen molar-refractivity contribution in [1.82, 2.24) is 34.8 Å². The van der Waals surface area contributed by atoms with Crippen molar-refractivity contribution in [1.29, 1.82) is 5.41 Å². The van der Waals surface area contributed by atoms with Crippen LogP contribution in [0.1, 0.15) is 38.0 Å². The van der Waals surface area contributed by atoms with Gasteiger partial charge in [-0.25, -0.2) is 0 Å². The average Bonchev–Trinajstić information content (AvgIpc) is 3.52. The van der Waals surface area contributed by atoms with Crippen molar-refractivity contribution in [2.45, 2.75) is 6.42 Å². The second kappa shape index (κ2) is 11.3. The van der Waals surface area contributed by atoms with E-state index in [2.05, 4.69) is 64.1 Å². The third kappa shape index (κ3) is 6.45. The number of nitrogens with one attached hydrogen (secondary N) is 6. The minimum absolute atomic E-state index is 0.0104. The van der Waals surface area contributed by atoms with Gasteiger partial charge in [0, 0.05) is 33.3 Å². The van der Waals surface area contributed by atoms with Gasteiger partial charge in [-0.05, 0) is 22.0 Å². The fourth-order valence-electron chi connectivity index (χ4n) is 3.06. The van der Waals surface area contributed by atoms with Crippen LogP contribution in [0.2, 0.25) is 0 Å². The van der Waals surface area contributed by atoms with Gasteiger partial charge in [0.2, 0.25) is 11.8 Å². The van der Waals surface area contributed by atoms with Crippen molar-refractivity contribution in [2.24, 2.45) is 19.8 Å². The molecule has 194 valence electrons. The highest BCUT2D eigenvalue weighted by atomic mass is 79.9. The summed E-state index contributed by atoms with van der Waals surface area (Å²) in [6, 6.07) is 1.54. The quantitative estimate of drug-likeness (QED) is 0.101. The third-order valence-corrected chi connectivity index (χ3v) is 5.15. The molecule has 0 saturated carbocycles. The number of anilines is 3. The molecular formula is C20H23BrN12O4. The summed E-state index contributed by atoms with van der Waals surface area (Å²) in [6.07, 6.45) is 3.04. The second-order valence-corrected chi connectivity index (χ2v) is 8.48. The lowest BCUT2D eigenvalue weighted by Gasteiger charge is -2.11. The number of halogens is 1. The van der Waals surface area contributed by atoms with E-state index in [0.717, 1.165) is 0 Å². The lowest BCUT2D eigenvalue weighted by Crippen LogP contribution is -2.30. The number of amidine groups is 1. The molecule has 0 unspecified atom stereocenters. The van der Waals surface area contributed by atoms with Crippen molar-refractivity contribution < 1.29 is 19.2 Å². The van der Waals surface area contributed by atoms with Crippen LogP contribution < -0.4 is 27.0 Å². The molecule has 0 saturated heterocycles. The molecule has 0 aliphatic heterocycles. The van der Waals surface area contributed by atoms with Gasteiger partial charge in [0.15, 0.2) is 0 Å². The first-order valence-electron chi connectivity index (χ1n) is 10.5. The summed E-state index contributed by atoms with van der Waals surface area (Å²) in [5.41, 5.74) is 5.75. The number of nitrogens with zero attached hydrogens (tertiary/aromatic N) is 5. The highest BCUT2D eigenvalue weighted by molar-refractivity contribution is 9.12. The molecule has 0 aliphatic rings. The Bertz CT molecular complexity index is 1400. The van der Waals surface area contributed by atoms with Crippen LogP contribution in [0.25, 0.3) is 0 Å². The summed E-state index contributed by atoms with van der Waals surface area (Å²) in [5, 5.41) is 27.5. The molecule has 3 heterocycles. The number of aryl methyl sites for hydroxylation is 2. The minimum Gasteiger partial charge on any atom is -0.388 e. The molecule has 0 bridgehead atoms. The summed E-state index contributed by atoms with van der Waals surface area (Å²) in [6.45, 7) is 3.58. The highest BCUT2D eigenvalue weighted by Crippen LogP contribution is 2.21. The van der Waals surface area contributed by atoms with Gasteiger partial charge in [-0.15, -0.1) is 5.10 Å². The number of aromatic amines is 1. The van der Waals surface area contributed by atoms with Crippen molar-refractivity contribution in [3.63, 3.8) is 0 Å². The standard InChI is InChI=1S/C20H23BrN12O4/c1-9(21)16(34)29-20-28-15(30-31-20)19(37)27-11-8-25-33(3)14(11)18(36)26-10-5-7-32(2)13(10)17(35)24-6-4-12(22)23/h5,7-8H,1,4,6H2,2-3H3,(H3,22,23)(H,24,35)(H,26,36)(H,27,37)(H2,28,29,30,31,34). The normalized spacial score (nSPS) is 10.5. The predicted octanol–water partition coefficient (Wildman–Crippen LogP) is 0.284. The molecule has 3 aromatic heterocycles. The van der Waals surface area contributed by atoms with Crippen LogP contribution >= 0.6 is 15.9 Å².